The minimum Gasteiger partial charge on any atom is -0.548 e. The number of carbonyl (C=O) groups excluding carboxylic acids is 1. The average molecular weight is 336 g/mol. The maximum atomic E-state index is 13.2. The van der Waals surface area contributed by atoms with Crippen molar-refractivity contribution >= 4 is 44.3 Å². The number of thioether (sulfide) groups is 1. The number of carboxylic acid groups (broad SMARTS) is 1. The van der Waals surface area contributed by atoms with Gasteiger partial charge in [-0.2, -0.15) is 0 Å². The molecule has 2 aromatic rings. The SMILES string of the molecule is O=C([O-])[C@@H]1CSC(c2nc3cc(F)c(O)cc3s2)=N1.[K+]. The first-order valence-electron chi connectivity index (χ1n) is 5.25. The number of rotatable bonds is 2. The summed E-state index contributed by atoms with van der Waals surface area (Å²) in [4.78, 5) is 18.9. The number of carboxylic acids is 1. The van der Waals surface area contributed by atoms with E-state index in [9.17, 15) is 19.4 Å². The number of halogens is 1. The van der Waals surface area contributed by atoms with Crippen LogP contribution in [0.5, 0.6) is 5.75 Å². The Morgan fingerprint density at radius 2 is 2.25 bits per heavy atom. The number of carbonyl (C=O) groups is 1. The molecule has 1 aliphatic rings. The van der Waals surface area contributed by atoms with E-state index in [0.29, 0.717) is 26.0 Å². The maximum absolute atomic E-state index is 13.2. The number of fused-ring (bicyclic) bond motifs is 1. The Morgan fingerprint density at radius 1 is 1.50 bits per heavy atom. The number of benzene rings is 1. The smallest absolute Gasteiger partial charge is 0.548 e. The summed E-state index contributed by atoms with van der Waals surface area (Å²) >= 11 is 2.50. The number of phenols is 1. The first-order valence-corrected chi connectivity index (χ1v) is 7.05. The van der Waals surface area contributed by atoms with Crippen LogP contribution in [0, 0.1) is 5.82 Å². The third-order valence-electron chi connectivity index (χ3n) is 2.56. The van der Waals surface area contributed by atoms with Gasteiger partial charge >= 0.3 is 51.4 Å². The van der Waals surface area contributed by atoms with Gasteiger partial charge in [-0.3, -0.25) is 4.99 Å². The molecule has 0 saturated heterocycles. The van der Waals surface area contributed by atoms with Crippen LogP contribution in [0.1, 0.15) is 5.01 Å². The number of hydrogen-bond donors (Lipinski definition) is 1. The summed E-state index contributed by atoms with van der Waals surface area (Å²) in [6.07, 6.45) is 0. The Morgan fingerprint density at radius 3 is 2.90 bits per heavy atom. The molecule has 0 radical (unpaired) electrons. The number of aliphatic carboxylic acids is 1. The van der Waals surface area contributed by atoms with Crippen molar-refractivity contribution in [3.8, 4) is 5.75 Å². The Bertz CT molecular complexity index is 680. The quantitative estimate of drug-likeness (QED) is 0.627. The van der Waals surface area contributed by atoms with E-state index in [-0.39, 0.29) is 51.4 Å². The van der Waals surface area contributed by atoms with Gasteiger partial charge in [-0.1, -0.05) is 0 Å². The molecule has 1 aliphatic heterocycles. The summed E-state index contributed by atoms with van der Waals surface area (Å²) in [5, 5.41) is 21.0. The number of aliphatic imine (C=N–C) groups is 1. The summed E-state index contributed by atoms with van der Waals surface area (Å²) in [5.41, 5.74) is 0.413. The number of nitrogens with zero attached hydrogens (tertiary/aromatic N) is 2. The fourth-order valence-electron chi connectivity index (χ4n) is 1.64. The summed E-state index contributed by atoms with van der Waals surface area (Å²) in [7, 11) is 0. The summed E-state index contributed by atoms with van der Waals surface area (Å²) in [6.45, 7) is 0. The molecule has 98 valence electrons. The van der Waals surface area contributed by atoms with E-state index in [1.54, 1.807) is 0 Å². The largest absolute Gasteiger partial charge is 1.00 e. The van der Waals surface area contributed by atoms with Crippen molar-refractivity contribution in [2.75, 3.05) is 5.75 Å². The molecule has 1 aromatic heterocycles. The van der Waals surface area contributed by atoms with Gasteiger partial charge in [0.15, 0.2) is 11.6 Å². The zero-order valence-electron chi connectivity index (χ0n) is 10.3. The maximum Gasteiger partial charge on any atom is 1.00 e. The van der Waals surface area contributed by atoms with Gasteiger partial charge in [0.2, 0.25) is 0 Å². The van der Waals surface area contributed by atoms with E-state index >= 15 is 0 Å². The third kappa shape index (κ3) is 3.08. The van der Waals surface area contributed by atoms with Crippen LogP contribution >= 0.6 is 23.1 Å². The number of aromatic nitrogens is 1. The summed E-state index contributed by atoms with van der Waals surface area (Å²) in [5.74, 6) is -2.07. The molecule has 1 atom stereocenters. The first-order chi connectivity index (χ1) is 9.04. The standard InChI is InChI=1S/C11H7FN2O3S2.K/c12-4-1-5-8(2-7(4)15)19-10(13-5)9-14-6(3-18-9)11(16)17;/h1-2,6,15H,3H2,(H,16,17);/q;+1/p-1/t6-;/m0./s1. The van der Waals surface area contributed by atoms with Gasteiger partial charge in [-0.25, -0.2) is 9.37 Å². The van der Waals surface area contributed by atoms with Crippen LogP contribution in [0.15, 0.2) is 17.1 Å². The minimum absolute atomic E-state index is 0. The summed E-state index contributed by atoms with van der Waals surface area (Å²) in [6, 6.07) is 1.57. The van der Waals surface area contributed by atoms with E-state index in [1.165, 1.54) is 29.2 Å². The predicted molar refractivity (Wildman–Crippen MR) is 69.0 cm³/mol. The molecular formula is C11H6FKN2O3S2. The van der Waals surface area contributed by atoms with Gasteiger partial charge in [0, 0.05) is 17.9 Å². The molecule has 0 aliphatic carbocycles. The molecule has 0 fully saturated rings. The Kier molecular flexibility index (Phi) is 5.22. The van der Waals surface area contributed by atoms with Gasteiger partial charge in [-0.05, 0) is 0 Å². The number of phenolic OH excluding ortho intramolecular Hbond substituents is 1. The van der Waals surface area contributed by atoms with Crippen molar-refractivity contribution in [2.45, 2.75) is 6.04 Å². The van der Waals surface area contributed by atoms with E-state index in [0.717, 1.165) is 6.07 Å². The first kappa shape index (κ1) is 16.3. The van der Waals surface area contributed by atoms with Crippen molar-refractivity contribution < 1.29 is 70.8 Å². The van der Waals surface area contributed by atoms with Gasteiger partial charge < -0.3 is 15.0 Å². The van der Waals surface area contributed by atoms with Crippen LogP contribution in [-0.2, 0) is 4.79 Å². The Labute approximate surface area is 163 Å². The van der Waals surface area contributed by atoms with Gasteiger partial charge in [0.1, 0.15) is 16.1 Å². The molecule has 0 spiro atoms. The molecule has 9 heteroatoms. The van der Waals surface area contributed by atoms with Crippen molar-refractivity contribution in [1.29, 1.82) is 0 Å². The Hall–Kier alpha value is -0.0336. The van der Waals surface area contributed by atoms with Crippen LogP contribution < -0.4 is 56.5 Å². The minimum atomic E-state index is -1.22. The van der Waals surface area contributed by atoms with Crippen molar-refractivity contribution in [3.05, 3.63) is 23.0 Å². The number of thiazole rings is 1. The monoisotopic (exact) mass is 336 g/mol. The van der Waals surface area contributed by atoms with E-state index in [1.807, 2.05) is 0 Å². The molecule has 1 N–H and O–H groups in total. The van der Waals surface area contributed by atoms with Gasteiger partial charge in [0.05, 0.1) is 16.2 Å². The van der Waals surface area contributed by atoms with Crippen molar-refractivity contribution in [3.63, 3.8) is 0 Å². The molecule has 5 nitrogen and oxygen atoms in total. The van der Waals surface area contributed by atoms with Crippen molar-refractivity contribution in [1.82, 2.24) is 4.98 Å². The van der Waals surface area contributed by atoms with Crippen LogP contribution in [0.3, 0.4) is 0 Å². The average Bonchev–Trinajstić information content (AvgIpc) is 2.95. The number of hydrogen-bond acceptors (Lipinski definition) is 7. The molecule has 0 unspecified atom stereocenters. The normalized spacial score (nSPS) is 17.9. The number of aromatic hydroxyl groups is 1. The zero-order valence-corrected chi connectivity index (χ0v) is 15.0. The van der Waals surface area contributed by atoms with E-state index < -0.39 is 23.6 Å². The second-order valence-corrected chi connectivity index (χ2v) is 5.91. The van der Waals surface area contributed by atoms with Crippen LogP contribution in [-0.4, -0.2) is 32.9 Å². The molecule has 3 rings (SSSR count). The van der Waals surface area contributed by atoms with E-state index in [4.69, 9.17) is 0 Å². The molecule has 0 bridgehead atoms. The van der Waals surface area contributed by atoms with E-state index in [2.05, 4.69) is 9.98 Å². The zero-order chi connectivity index (χ0) is 13.6. The molecule has 0 saturated carbocycles. The third-order valence-corrected chi connectivity index (χ3v) is 4.77. The molecule has 20 heavy (non-hydrogen) atoms. The summed E-state index contributed by atoms with van der Waals surface area (Å²) < 4.78 is 13.8. The van der Waals surface area contributed by atoms with Crippen LogP contribution in [0.25, 0.3) is 10.2 Å². The van der Waals surface area contributed by atoms with Gasteiger partial charge in [-0.15, -0.1) is 23.1 Å². The molecule has 1 aromatic carbocycles. The van der Waals surface area contributed by atoms with Gasteiger partial charge in [0.25, 0.3) is 0 Å². The second-order valence-electron chi connectivity index (χ2n) is 3.87. The topological polar surface area (TPSA) is 85.6 Å². The molecular weight excluding hydrogens is 330 g/mol. The van der Waals surface area contributed by atoms with Crippen LogP contribution in [0.2, 0.25) is 0 Å². The Balaban J connectivity index is 0.00000147. The second kappa shape index (κ2) is 6.38. The predicted octanol–water partition coefficient (Wildman–Crippen LogP) is -2.24. The molecule has 2 heterocycles. The van der Waals surface area contributed by atoms with Crippen LogP contribution in [0.4, 0.5) is 4.39 Å². The fraction of sp³-hybridized carbons (Fsp3) is 0.182. The fourth-order valence-corrected chi connectivity index (χ4v) is 3.71. The van der Waals surface area contributed by atoms with Crippen molar-refractivity contribution in [2.24, 2.45) is 4.99 Å². The molecule has 0 amide bonds.